The number of allylic oxidation sites excluding steroid dienone is 3. The summed E-state index contributed by atoms with van der Waals surface area (Å²) in [4.78, 5) is 18.3. The lowest BCUT2D eigenvalue weighted by Crippen LogP contribution is -2.31. The molecule has 0 atom stereocenters. The second kappa shape index (κ2) is 8.66. The van der Waals surface area contributed by atoms with E-state index in [-0.39, 0.29) is 0 Å². The minimum absolute atomic E-state index is 0.413. The Kier molecular flexibility index (Phi) is 6.56. The third-order valence-corrected chi connectivity index (χ3v) is 4.31. The Morgan fingerprint density at radius 3 is 3.05 bits per heavy atom. The molecular formula is C16H21N3O2S. The van der Waals surface area contributed by atoms with E-state index in [4.69, 9.17) is 11.2 Å². The Hall–Kier alpha value is -1.71. The summed E-state index contributed by atoms with van der Waals surface area (Å²) in [5.41, 5.74) is 1.72. The summed E-state index contributed by atoms with van der Waals surface area (Å²) >= 11 is 1.48. The number of aliphatic imine (C=N–C) groups is 1. The average Bonchev–Trinajstić information content (AvgIpc) is 3.16. The van der Waals surface area contributed by atoms with Gasteiger partial charge in [-0.05, 0) is 50.6 Å². The SMILES string of the molecule is C#C/C(C)=C\C=C1/CSC(NC(=O)OCCN2CCCC2)=N1. The lowest BCUT2D eigenvalue weighted by molar-refractivity contribution is 0.137. The summed E-state index contributed by atoms with van der Waals surface area (Å²) in [5, 5.41) is 3.24. The maximum absolute atomic E-state index is 11.7. The summed E-state index contributed by atoms with van der Waals surface area (Å²) in [6.45, 7) is 5.28. The third kappa shape index (κ3) is 5.58. The Bertz CT molecular complexity index is 540. The number of ether oxygens (including phenoxy) is 1. The van der Waals surface area contributed by atoms with Crippen LogP contribution < -0.4 is 5.32 Å². The Morgan fingerprint density at radius 1 is 1.55 bits per heavy atom. The second-order valence-corrected chi connectivity index (χ2v) is 6.13. The highest BCUT2D eigenvalue weighted by Crippen LogP contribution is 2.19. The highest BCUT2D eigenvalue weighted by atomic mass is 32.2. The van der Waals surface area contributed by atoms with Crippen molar-refractivity contribution in [2.75, 3.05) is 32.0 Å². The van der Waals surface area contributed by atoms with Crippen molar-refractivity contribution in [2.45, 2.75) is 19.8 Å². The van der Waals surface area contributed by atoms with Crippen LogP contribution in [0.3, 0.4) is 0 Å². The molecule has 2 aliphatic rings. The van der Waals surface area contributed by atoms with E-state index in [1.54, 1.807) is 0 Å². The van der Waals surface area contributed by atoms with Gasteiger partial charge in [0.05, 0.1) is 5.70 Å². The number of hydrogen-bond acceptors (Lipinski definition) is 5. The Morgan fingerprint density at radius 2 is 2.32 bits per heavy atom. The Balaban J connectivity index is 1.71. The van der Waals surface area contributed by atoms with E-state index in [1.807, 2.05) is 19.1 Å². The van der Waals surface area contributed by atoms with Crippen LogP contribution in [0.4, 0.5) is 4.79 Å². The first-order chi connectivity index (χ1) is 10.7. The van der Waals surface area contributed by atoms with Crippen molar-refractivity contribution in [3.63, 3.8) is 0 Å². The summed E-state index contributed by atoms with van der Waals surface area (Å²) in [7, 11) is 0. The minimum atomic E-state index is -0.443. The zero-order chi connectivity index (χ0) is 15.8. The maximum atomic E-state index is 11.7. The van der Waals surface area contributed by atoms with Crippen molar-refractivity contribution in [2.24, 2.45) is 4.99 Å². The lowest BCUT2D eigenvalue weighted by Gasteiger charge is -2.14. The van der Waals surface area contributed by atoms with Crippen LogP contribution in [0.25, 0.3) is 0 Å². The fourth-order valence-corrected chi connectivity index (χ4v) is 2.94. The van der Waals surface area contributed by atoms with Gasteiger partial charge in [-0.1, -0.05) is 17.7 Å². The molecule has 22 heavy (non-hydrogen) atoms. The number of hydrogen-bond donors (Lipinski definition) is 1. The molecule has 0 radical (unpaired) electrons. The first kappa shape index (κ1) is 16.7. The normalized spacial score (nSPS) is 20.8. The van der Waals surface area contributed by atoms with Crippen LogP contribution in [-0.2, 0) is 4.74 Å². The minimum Gasteiger partial charge on any atom is -0.448 e. The van der Waals surface area contributed by atoms with Crippen molar-refractivity contribution in [1.29, 1.82) is 0 Å². The first-order valence-electron chi connectivity index (χ1n) is 7.39. The quantitative estimate of drug-likeness (QED) is 0.808. The van der Waals surface area contributed by atoms with E-state index < -0.39 is 6.09 Å². The van der Waals surface area contributed by atoms with Crippen molar-refractivity contribution >= 4 is 23.0 Å². The number of carbonyl (C=O) groups excluding carboxylic acids is 1. The zero-order valence-corrected chi connectivity index (χ0v) is 13.6. The Labute approximate surface area is 135 Å². The van der Waals surface area contributed by atoms with E-state index in [2.05, 4.69) is 21.1 Å². The van der Waals surface area contributed by atoms with Crippen LogP contribution in [0.15, 0.2) is 28.4 Å². The fourth-order valence-electron chi connectivity index (χ4n) is 2.15. The smallest absolute Gasteiger partial charge is 0.413 e. The number of nitrogens with one attached hydrogen (secondary N) is 1. The first-order valence-corrected chi connectivity index (χ1v) is 8.37. The van der Waals surface area contributed by atoms with Gasteiger partial charge in [0.25, 0.3) is 0 Å². The molecule has 6 heteroatoms. The largest absolute Gasteiger partial charge is 0.448 e. The molecule has 2 rings (SSSR count). The number of nitrogens with zero attached hydrogens (tertiary/aromatic N) is 2. The molecule has 118 valence electrons. The van der Waals surface area contributed by atoms with Crippen LogP contribution in [0, 0.1) is 12.3 Å². The molecule has 0 aromatic rings. The number of amidine groups is 1. The highest BCUT2D eigenvalue weighted by Gasteiger charge is 2.16. The van der Waals surface area contributed by atoms with Gasteiger partial charge in [0, 0.05) is 12.3 Å². The van der Waals surface area contributed by atoms with Gasteiger partial charge in [-0.25, -0.2) is 9.79 Å². The number of alkyl carbamates (subject to hydrolysis) is 1. The molecule has 0 saturated carbocycles. The van der Waals surface area contributed by atoms with Gasteiger partial charge in [-0.2, -0.15) is 0 Å². The van der Waals surface area contributed by atoms with Gasteiger partial charge in [0.2, 0.25) is 0 Å². The average molecular weight is 319 g/mol. The molecule has 1 fully saturated rings. The van der Waals surface area contributed by atoms with Crippen LogP contribution in [0.1, 0.15) is 19.8 Å². The van der Waals surface area contributed by atoms with Crippen molar-refractivity contribution < 1.29 is 9.53 Å². The molecule has 1 saturated heterocycles. The molecule has 0 aromatic carbocycles. The number of likely N-dealkylation sites (tertiary alicyclic amines) is 1. The summed E-state index contributed by atoms with van der Waals surface area (Å²) in [6.07, 6.45) is 11.0. The molecule has 2 aliphatic heterocycles. The predicted molar refractivity (Wildman–Crippen MR) is 90.7 cm³/mol. The monoisotopic (exact) mass is 319 g/mol. The molecule has 0 aromatic heterocycles. The number of rotatable bonds is 4. The molecule has 1 N–H and O–H groups in total. The zero-order valence-electron chi connectivity index (χ0n) is 12.8. The number of thioether (sulfide) groups is 1. The number of terminal acetylenes is 1. The second-order valence-electron chi connectivity index (χ2n) is 5.17. The summed E-state index contributed by atoms with van der Waals surface area (Å²) < 4.78 is 5.17. The number of amides is 1. The molecule has 2 heterocycles. The van der Waals surface area contributed by atoms with E-state index in [0.717, 1.165) is 36.7 Å². The number of carbonyl (C=O) groups is 1. The topological polar surface area (TPSA) is 53.9 Å². The van der Waals surface area contributed by atoms with Crippen LogP contribution in [0.5, 0.6) is 0 Å². The molecule has 1 amide bonds. The van der Waals surface area contributed by atoms with Crippen LogP contribution >= 0.6 is 11.8 Å². The summed E-state index contributed by atoms with van der Waals surface area (Å²) in [6, 6.07) is 0. The van der Waals surface area contributed by atoms with Crippen molar-refractivity contribution in [1.82, 2.24) is 10.2 Å². The van der Waals surface area contributed by atoms with Gasteiger partial charge < -0.3 is 4.74 Å². The van der Waals surface area contributed by atoms with Crippen molar-refractivity contribution in [3.8, 4) is 12.3 Å². The van der Waals surface area contributed by atoms with E-state index in [9.17, 15) is 4.79 Å². The van der Waals surface area contributed by atoms with Gasteiger partial charge in [0.15, 0.2) is 5.17 Å². The molecule has 5 nitrogen and oxygen atoms in total. The maximum Gasteiger partial charge on any atom is 0.413 e. The van der Waals surface area contributed by atoms with Gasteiger partial charge >= 0.3 is 6.09 Å². The van der Waals surface area contributed by atoms with Gasteiger partial charge in [-0.3, -0.25) is 10.2 Å². The molecule has 0 aliphatic carbocycles. The van der Waals surface area contributed by atoms with E-state index in [1.165, 1.54) is 24.6 Å². The molecular weight excluding hydrogens is 298 g/mol. The molecule has 0 bridgehead atoms. The van der Waals surface area contributed by atoms with Gasteiger partial charge in [-0.15, -0.1) is 6.42 Å². The van der Waals surface area contributed by atoms with Crippen LogP contribution in [0.2, 0.25) is 0 Å². The van der Waals surface area contributed by atoms with E-state index in [0.29, 0.717) is 11.8 Å². The van der Waals surface area contributed by atoms with Gasteiger partial charge in [0.1, 0.15) is 6.61 Å². The molecule has 0 spiro atoms. The predicted octanol–water partition coefficient (Wildman–Crippen LogP) is 2.37. The molecule has 0 unspecified atom stereocenters. The van der Waals surface area contributed by atoms with Crippen molar-refractivity contribution in [3.05, 3.63) is 23.4 Å². The summed E-state index contributed by atoms with van der Waals surface area (Å²) in [5.74, 6) is 3.27. The third-order valence-electron chi connectivity index (χ3n) is 3.40. The lowest BCUT2D eigenvalue weighted by atomic mass is 10.3. The highest BCUT2D eigenvalue weighted by molar-refractivity contribution is 8.14. The fraction of sp³-hybridized carbons (Fsp3) is 0.500. The standard InChI is InChI=1S/C16H21N3O2S/c1-3-13(2)6-7-14-12-22-15(17-14)18-16(20)21-11-10-19-8-4-5-9-19/h1,6-7H,4-5,8-12H2,2H3,(H,17,18,20)/b13-6-,14-7+. The van der Waals surface area contributed by atoms with Crippen LogP contribution in [-0.4, -0.2) is 48.2 Å². The van der Waals surface area contributed by atoms with E-state index >= 15 is 0 Å².